The van der Waals surface area contributed by atoms with Crippen molar-refractivity contribution < 1.29 is 4.21 Å². The SMILES string of the molecule is CC(NCC(C)S(C)=O)c1cccc(Cl)c1Cl. The first kappa shape index (κ1) is 15.0. The first-order chi connectivity index (χ1) is 7.93. The summed E-state index contributed by atoms with van der Waals surface area (Å²) in [6, 6.07) is 5.68. The van der Waals surface area contributed by atoms with Gasteiger partial charge in [0.25, 0.3) is 0 Å². The summed E-state index contributed by atoms with van der Waals surface area (Å²) in [4.78, 5) is 0. The summed E-state index contributed by atoms with van der Waals surface area (Å²) in [6.45, 7) is 4.66. The molecule has 1 rings (SSSR count). The molecule has 96 valence electrons. The average molecular weight is 294 g/mol. The molecule has 2 nitrogen and oxygen atoms in total. The highest BCUT2D eigenvalue weighted by molar-refractivity contribution is 7.84. The minimum Gasteiger partial charge on any atom is -0.309 e. The molecule has 3 unspecified atom stereocenters. The van der Waals surface area contributed by atoms with Crippen molar-refractivity contribution in [1.82, 2.24) is 5.32 Å². The molecular weight excluding hydrogens is 277 g/mol. The normalized spacial score (nSPS) is 16.5. The lowest BCUT2D eigenvalue weighted by Crippen LogP contribution is -2.29. The highest BCUT2D eigenvalue weighted by atomic mass is 35.5. The Morgan fingerprint density at radius 3 is 2.59 bits per heavy atom. The van der Waals surface area contributed by atoms with E-state index in [1.54, 1.807) is 12.3 Å². The van der Waals surface area contributed by atoms with Gasteiger partial charge >= 0.3 is 0 Å². The fourth-order valence-corrected chi connectivity index (χ4v) is 2.23. The molecule has 0 fully saturated rings. The molecule has 0 aliphatic heterocycles. The Morgan fingerprint density at radius 1 is 1.35 bits per heavy atom. The second-order valence-electron chi connectivity index (χ2n) is 4.08. The molecule has 0 saturated heterocycles. The molecule has 0 radical (unpaired) electrons. The number of rotatable bonds is 5. The molecule has 1 aromatic carbocycles. The Kier molecular flexibility index (Phi) is 5.93. The fourth-order valence-electron chi connectivity index (χ4n) is 1.42. The largest absolute Gasteiger partial charge is 0.309 e. The van der Waals surface area contributed by atoms with E-state index in [-0.39, 0.29) is 11.3 Å². The van der Waals surface area contributed by atoms with Crippen LogP contribution in [0.25, 0.3) is 0 Å². The maximum Gasteiger partial charge on any atom is 0.0639 e. The summed E-state index contributed by atoms with van der Waals surface area (Å²) in [5.41, 5.74) is 0.966. The molecule has 0 saturated carbocycles. The van der Waals surface area contributed by atoms with Crippen molar-refractivity contribution in [2.75, 3.05) is 12.8 Å². The Balaban J connectivity index is 2.67. The molecule has 17 heavy (non-hydrogen) atoms. The van der Waals surface area contributed by atoms with Gasteiger partial charge in [-0.05, 0) is 25.5 Å². The van der Waals surface area contributed by atoms with Gasteiger partial charge in [0.15, 0.2) is 0 Å². The lowest BCUT2D eigenvalue weighted by Gasteiger charge is -2.18. The Bertz CT molecular complexity index is 411. The minimum atomic E-state index is -0.814. The fraction of sp³-hybridized carbons (Fsp3) is 0.500. The maximum atomic E-state index is 11.2. The van der Waals surface area contributed by atoms with Gasteiger partial charge in [0.2, 0.25) is 0 Å². The van der Waals surface area contributed by atoms with Gasteiger partial charge in [0, 0.05) is 34.9 Å². The molecule has 1 aromatic rings. The molecule has 1 N–H and O–H groups in total. The van der Waals surface area contributed by atoms with Gasteiger partial charge in [-0.25, -0.2) is 0 Å². The van der Waals surface area contributed by atoms with E-state index in [4.69, 9.17) is 23.2 Å². The maximum absolute atomic E-state index is 11.2. The minimum absolute atomic E-state index is 0.0900. The van der Waals surface area contributed by atoms with Crippen molar-refractivity contribution >= 4 is 34.0 Å². The summed E-state index contributed by atoms with van der Waals surface area (Å²) in [5.74, 6) is 0. The lowest BCUT2D eigenvalue weighted by molar-refractivity contribution is 0.569. The monoisotopic (exact) mass is 293 g/mol. The zero-order valence-corrected chi connectivity index (χ0v) is 12.5. The van der Waals surface area contributed by atoms with Crippen LogP contribution in [-0.2, 0) is 10.8 Å². The van der Waals surface area contributed by atoms with E-state index in [1.165, 1.54) is 0 Å². The third-order valence-corrected chi connectivity index (χ3v) is 4.86. The molecule has 3 atom stereocenters. The van der Waals surface area contributed by atoms with Crippen LogP contribution in [0.5, 0.6) is 0 Å². The van der Waals surface area contributed by atoms with E-state index in [2.05, 4.69) is 5.32 Å². The van der Waals surface area contributed by atoms with E-state index in [9.17, 15) is 4.21 Å². The molecule has 0 aromatic heterocycles. The molecule has 0 aliphatic rings. The van der Waals surface area contributed by atoms with Crippen LogP contribution >= 0.6 is 23.2 Å². The van der Waals surface area contributed by atoms with Gasteiger partial charge in [-0.2, -0.15) is 0 Å². The summed E-state index contributed by atoms with van der Waals surface area (Å²) in [5, 5.41) is 4.58. The highest BCUT2D eigenvalue weighted by Crippen LogP contribution is 2.29. The number of nitrogens with one attached hydrogen (secondary N) is 1. The Labute approximate surface area is 115 Å². The van der Waals surface area contributed by atoms with Crippen LogP contribution in [-0.4, -0.2) is 22.3 Å². The number of benzene rings is 1. The summed E-state index contributed by atoms with van der Waals surface area (Å²) >= 11 is 12.1. The molecule has 0 amide bonds. The summed E-state index contributed by atoms with van der Waals surface area (Å²) in [6.07, 6.45) is 1.71. The van der Waals surface area contributed by atoms with Crippen LogP contribution < -0.4 is 5.32 Å². The van der Waals surface area contributed by atoms with Crippen LogP contribution in [0.2, 0.25) is 10.0 Å². The standard InChI is InChI=1S/C12H17Cl2NOS/c1-8(17(3)16)7-15-9(2)10-5-4-6-11(13)12(10)14/h4-6,8-9,15H,7H2,1-3H3. The average Bonchev–Trinajstić information content (AvgIpc) is 2.29. The lowest BCUT2D eigenvalue weighted by atomic mass is 10.1. The van der Waals surface area contributed by atoms with Crippen LogP contribution in [0.3, 0.4) is 0 Å². The number of hydrogen-bond donors (Lipinski definition) is 1. The highest BCUT2D eigenvalue weighted by Gasteiger charge is 2.13. The van der Waals surface area contributed by atoms with Crippen molar-refractivity contribution in [3.63, 3.8) is 0 Å². The summed E-state index contributed by atoms with van der Waals surface area (Å²) < 4.78 is 11.2. The molecule has 0 heterocycles. The quantitative estimate of drug-likeness (QED) is 0.901. The number of halogens is 2. The predicted molar refractivity (Wildman–Crippen MR) is 76.4 cm³/mol. The topological polar surface area (TPSA) is 29.1 Å². The van der Waals surface area contributed by atoms with Crippen LogP contribution in [0.4, 0.5) is 0 Å². The van der Waals surface area contributed by atoms with E-state index < -0.39 is 10.8 Å². The van der Waals surface area contributed by atoms with Crippen molar-refractivity contribution in [2.45, 2.75) is 25.1 Å². The van der Waals surface area contributed by atoms with E-state index >= 15 is 0 Å². The van der Waals surface area contributed by atoms with E-state index in [0.29, 0.717) is 16.6 Å². The first-order valence-electron chi connectivity index (χ1n) is 5.43. The second-order valence-corrected chi connectivity index (χ2v) is 6.67. The molecule has 0 aliphatic carbocycles. The predicted octanol–water partition coefficient (Wildman–Crippen LogP) is 3.41. The molecule has 5 heteroatoms. The van der Waals surface area contributed by atoms with Gasteiger partial charge in [-0.3, -0.25) is 4.21 Å². The van der Waals surface area contributed by atoms with Gasteiger partial charge in [-0.1, -0.05) is 35.3 Å². The van der Waals surface area contributed by atoms with Gasteiger partial charge in [-0.15, -0.1) is 0 Å². The smallest absolute Gasteiger partial charge is 0.0639 e. The first-order valence-corrected chi connectivity index (χ1v) is 7.80. The third kappa shape index (κ3) is 4.25. The van der Waals surface area contributed by atoms with E-state index in [1.807, 2.05) is 26.0 Å². The Hall–Kier alpha value is -0.0900. The van der Waals surface area contributed by atoms with Crippen LogP contribution in [0.15, 0.2) is 18.2 Å². The van der Waals surface area contributed by atoms with Crippen LogP contribution in [0.1, 0.15) is 25.5 Å². The van der Waals surface area contributed by atoms with Gasteiger partial charge < -0.3 is 5.32 Å². The Morgan fingerprint density at radius 2 is 2.00 bits per heavy atom. The van der Waals surface area contributed by atoms with Gasteiger partial charge in [0.05, 0.1) is 10.0 Å². The van der Waals surface area contributed by atoms with E-state index in [0.717, 1.165) is 5.56 Å². The zero-order valence-electron chi connectivity index (χ0n) is 10.2. The molecular formula is C12H17Cl2NOS. The zero-order chi connectivity index (χ0) is 13.0. The summed E-state index contributed by atoms with van der Waals surface area (Å²) in [7, 11) is -0.814. The second kappa shape index (κ2) is 6.74. The van der Waals surface area contributed by atoms with Crippen molar-refractivity contribution in [3.05, 3.63) is 33.8 Å². The van der Waals surface area contributed by atoms with Gasteiger partial charge in [0.1, 0.15) is 0 Å². The number of hydrogen-bond acceptors (Lipinski definition) is 2. The van der Waals surface area contributed by atoms with Crippen LogP contribution in [0, 0.1) is 0 Å². The van der Waals surface area contributed by atoms with Crippen molar-refractivity contribution in [1.29, 1.82) is 0 Å². The van der Waals surface area contributed by atoms with Crippen molar-refractivity contribution in [3.8, 4) is 0 Å². The third-order valence-electron chi connectivity index (χ3n) is 2.73. The molecule has 0 spiro atoms. The molecule has 0 bridgehead atoms. The van der Waals surface area contributed by atoms with Crippen molar-refractivity contribution in [2.24, 2.45) is 0 Å².